The Labute approximate surface area is 130 Å². The van der Waals surface area contributed by atoms with E-state index in [1.165, 1.54) is 0 Å². The minimum atomic E-state index is -0.157. The molecule has 0 saturated carbocycles. The van der Waals surface area contributed by atoms with Gasteiger partial charge in [-0.1, -0.05) is 19.0 Å². The van der Waals surface area contributed by atoms with Gasteiger partial charge in [0.25, 0.3) is 0 Å². The second-order valence-electron chi connectivity index (χ2n) is 5.84. The molecule has 0 radical (unpaired) electrons. The fraction of sp³-hybridized carbons (Fsp3) is 0.533. The van der Waals surface area contributed by atoms with Crippen LogP contribution < -0.4 is 10.6 Å². The largest absolute Gasteiger partial charge is 0.338 e. The average molecular weight is 305 g/mol. The van der Waals surface area contributed by atoms with Gasteiger partial charge in [0.05, 0.1) is 25.0 Å². The SMILES string of the molecule is Cc1cnn(CC(C)NCC(=O)Nc2cc(C(C)C)no2)c1. The zero-order valence-corrected chi connectivity index (χ0v) is 13.5. The van der Waals surface area contributed by atoms with Gasteiger partial charge in [-0.05, 0) is 25.3 Å². The first-order valence-electron chi connectivity index (χ1n) is 7.43. The van der Waals surface area contributed by atoms with Gasteiger partial charge in [-0.3, -0.25) is 14.8 Å². The Morgan fingerprint density at radius 2 is 2.18 bits per heavy atom. The summed E-state index contributed by atoms with van der Waals surface area (Å²) in [6.07, 6.45) is 3.79. The Morgan fingerprint density at radius 1 is 1.41 bits per heavy atom. The highest BCUT2D eigenvalue weighted by molar-refractivity contribution is 5.90. The number of hydrogen-bond donors (Lipinski definition) is 2. The van der Waals surface area contributed by atoms with Crippen molar-refractivity contribution >= 4 is 11.8 Å². The van der Waals surface area contributed by atoms with Crippen LogP contribution >= 0.6 is 0 Å². The molecule has 0 aliphatic rings. The maximum atomic E-state index is 11.9. The van der Waals surface area contributed by atoms with Crippen molar-refractivity contribution < 1.29 is 9.32 Å². The van der Waals surface area contributed by atoms with Crippen LogP contribution in [0, 0.1) is 6.92 Å². The van der Waals surface area contributed by atoms with Crippen molar-refractivity contribution in [2.24, 2.45) is 0 Å². The van der Waals surface area contributed by atoms with Gasteiger partial charge >= 0.3 is 0 Å². The lowest BCUT2D eigenvalue weighted by molar-refractivity contribution is -0.115. The number of aryl methyl sites for hydroxylation is 1. The molecule has 0 fully saturated rings. The molecule has 7 nitrogen and oxygen atoms in total. The molecule has 2 N–H and O–H groups in total. The predicted octanol–water partition coefficient (Wildman–Crippen LogP) is 1.92. The molecule has 1 amide bonds. The van der Waals surface area contributed by atoms with Crippen LogP contribution in [0.4, 0.5) is 5.88 Å². The first kappa shape index (κ1) is 16.2. The second kappa shape index (κ2) is 7.22. The van der Waals surface area contributed by atoms with Crippen molar-refractivity contribution in [3.05, 3.63) is 29.7 Å². The Balaban J connectivity index is 1.74. The van der Waals surface area contributed by atoms with Gasteiger partial charge < -0.3 is 9.84 Å². The molecule has 22 heavy (non-hydrogen) atoms. The molecule has 0 spiro atoms. The van der Waals surface area contributed by atoms with Crippen LogP contribution in [0.15, 0.2) is 23.0 Å². The summed E-state index contributed by atoms with van der Waals surface area (Å²) in [6, 6.07) is 1.88. The molecule has 0 aliphatic carbocycles. The Morgan fingerprint density at radius 3 is 2.77 bits per heavy atom. The molecular formula is C15H23N5O2. The molecule has 2 aromatic rings. The fourth-order valence-corrected chi connectivity index (χ4v) is 1.98. The molecule has 2 aromatic heterocycles. The van der Waals surface area contributed by atoms with Crippen molar-refractivity contribution in [1.29, 1.82) is 0 Å². The summed E-state index contributed by atoms with van der Waals surface area (Å²) in [5.74, 6) is 0.492. The zero-order valence-electron chi connectivity index (χ0n) is 13.5. The van der Waals surface area contributed by atoms with E-state index in [9.17, 15) is 4.79 Å². The Bertz CT molecular complexity index is 617. The van der Waals surface area contributed by atoms with Crippen molar-refractivity contribution in [3.63, 3.8) is 0 Å². The molecule has 1 unspecified atom stereocenters. The maximum Gasteiger partial charge on any atom is 0.240 e. The van der Waals surface area contributed by atoms with Crippen molar-refractivity contribution in [3.8, 4) is 0 Å². The highest BCUT2D eigenvalue weighted by Crippen LogP contribution is 2.17. The smallest absolute Gasteiger partial charge is 0.240 e. The first-order valence-corrected chi connectivity index (χ1v) is 7.43. The van der Waals surface area contributed by atoms with E-state index in [1.807, 2.05) is 44.8 Å². The quantitative estimate of drug-likeness (QED) is 0.816. The summed E-state index contributed by atoms with van der Waals surface area (Å²) in [7, 11) is 0. The monoisotopic (exact) mass is 305 g/mol. The van der Waals surface area contributed by atoms with Gasteiger partial charge in [0, 0.05) is 18.3 Å². The van der Waals surface area contributed by atoms with E-state index in [0.29, 0.717) is 12.4 Å². The van der Waals surface area contributed by atoms with Crippen LogP contribution in [0.5, 0.6) is 0 Å². The molecule has 2 rings (SSSR count). The summed E-state index contributed by atoms with van der Waals surface area (Å²) >= 11 is 0. The fourth-order valence-electron chi connectivity index (χ4n) is 1.98. The number of carbonyl (C=O) groups excluding carboxylic acids is 1. The van der Waals surface area contributed by atoms with E-state index in [-0.39, 0.29) is 24.4 Å². The van der Waals surface area contributed by atoms with E-state index in [2.05, 4.69) is 20.9 Å². The molecule has 0 aliphatic heterocycles. The van der Waals surface area contributed by atoms with E-state index in [4.69, 9.17) is 4.52 Å². The number of carbonyl (C=O) groups is 1. The van der Waals surface area contributed by atoms with Crippen LogP contribution in [0.3, 0.4) is 0 Å². The Hall–Kier alpha value is -2.15. The van der Waals surface area contributed by atoms with Gasteiger partial charge in [0.15, 0.2) is 0 Å². The van der Waals surface area contributed by atoms with Crippen LogP contribution in [0.2, 0.25) is 0 Å². The molecule has 0 bridgehead atoms. The number of hydrogen-bond acceptors (Lipinski definition) is 5. The third-order valence-corrected chi connectivity index (χ3v) is 3.22. The number of rotatable bonds is 7. The normalized spacial score (nSPS) is 12.6. The molecular weight excluding hydrogens is 282 g/mol. The number of aromatic nitrogens is 3. The van der Waals surface area contributed by atoms with Gasteiger partial charge in [-0.25, -0.2) is 0 Å². The summed E-state index contributed by atoms with van der Waals surface area (Å²) in [6.45, 7) is 8.96. The van der Waals surface area contributed by atoms with E-state index in [0.717, 1.165) is 11.3 Å². The Kier molecular flexibility index (Phi) is 5.32. The van der Waals surface area contributed by atoms with Crippen LogP contribution in [-0.2, 0) is 11.3 Å². The highest BCUT2D eigenvalue weighted by atomic mass is 16.5. The van der Waals surface area contributed by atoms with Gasteiger partial charge in [-0.2, -0.15) is 5.10 Å². The minimum absolute atomic E-state index is 0.131. The van der Waals surface area contributed by atoms with Gasteiger partial charge in [0.1, 0.15) is 0 Å². The third-order valence-electron chi connectivity index (χ3n) is 3.22. The van der Waals surface area contributed by atoms with E-state index in [1.54, 1.807) is 6.07 Å². The van der Waals surface area contributed by atoms with Crippen molar-refractivity contribution in [1.82, 2.24) is 20.3 Å². The summed E-state index contributed by atoms with van der Waals surface area (Å²) < 4.78 is 6.94. The summed E-state index contributed by atoms with van der Waals surface area (Å²) in [4.78, 5) is 11.9. The van der Waals surface area contributed by atoms with E-state index >= 15 is 0 Å². The van der Waals surface area contributed by atoms with Crippen LogP contribution in [0.25, 0.3) is 0 Å². The van der Waals surface area contributed by atoms with Gasteiger partial charge in [0.2, 0.25) is 11.8 Å². The highest BCUT2D eigenvalue weighted by Gasteiger charge is 2.11. The molecule has 0 saturated heterocycles. The van der Waals surface area contributed by atoms with Gasteiger partial charge in [-0.15, -0.1) is 0 Å². The topological polar surface area (TPSA) is 85.0 Å². The number of nitrogens with zero attached hydrogens (tertiary/aromatic N) is 3. The summed E-state index contributed by atoms with van der Waals surface area (Å²) in [5.41, 5.74) is 1.95. The molecule has 7 heteroatoms. The number of amides is 1. The van der Waals surface area contributed by atoms with Crippen LogP contribution in [-0.4, -0.2) is 33.4 Å². The molecule has 120 valence electrons. The van der Waals surface area contributed by atoms with Crippen molar-refractivity contribution in [2.45, 2.75) is 46.2 Å². The molecule has 0 aromatic carbocycles. The van der Waals surface area contributed by atoms with Crippen LogP contribution in [0.1, 0.15) is 37.9 Å². The number of anilines is 1. The third kappa shape index (κ3) is 4.70. The van der Waals surface area contributed by atoms with Crippen molar-refractivity contribution in [2.75, 3.05) is 11.9 Å². The maximum absolute atomic E-state index is 11.9. The molecule has 1 atom stereocenters. The second-order valence-corrected chi connectivity index (χ2v) is 5.84. The van der Waals surface area contributed by atoms with E-state index < -0.39 is 0 Å². The predicted molar refractivity (Wildman–Crippen MR) is 83.7 cm³/mol. The lowest BCUT2D eigenvalue weighted by Crippen LogP contribution is -2.36. The first-order chi connectivity index (χ1) is 10.4. The zero-order chi connectivity index (χ0) is 16.1. The summed E-state index contributed by atoms with van der Waals surface area (Å²) in [5, 5.41) is 14.0. The lowest BCUT2D eigenvalue weighted by Gasteiger charge is -2.13. The number of nitrogens with one attached hydrogen (secondary N) is 2. The lowest BCUT2D eigenvalue weighted by atomic mass is 10.1. The minimum Gasteiger partial charge on any atom is -0.338 e. The average Bonchev–Trinajstić information content (AvgIpc) is 3.06. The standard InChI is InChI=1S/C15H23N5O2/c1-10(2)13-5-15(22-19-13)18-14(21)7-16-12(4)9-20-8-11(3)6-17-20/h5-6,8,10,12,16H,7,9H2,1-4H3,(H,18,21). The molecule has 2 heterocycles.